The highest BCUT2D eigenvalue weighted by atomic mass is 35.5. The number of fused-ring (bicyclic) bond motifs is 1. The Morgan fingerprint density at radius 1 is 1.27 bits per heavy atom. The van der Waals surface area contributed by atoms with Crippen molar-refractivity contribution in [3.8, 4) is 0 Å². The average Bonchev–Trinajstić information content (AvgIpc) is 2.97. The predicted molar refractivity (Wildman–Crippen MR) is 109 cm³/mol. The fourth-order valence-corrected chi connectivity index (χ4v) is 2.73. The summed E-state index contributed by atoms with van der Waals surface area (Å²) in [4.78, 5) is 17.4. The van der Waals surface area contributed by atoms with E-state index in [1.54, 1.807) is 18.2 Å². The number of allylic oxidation sites excluding steroid dienone is 2. The van der Waals surface area contributed by atoms with Crippen LogP contribution in [0.2, 0.25) is 10.0 Å². The van der Waals surface area contributed by atoms with Crippen molar-refractivity contribution in [2.75, 3.05) is 34.3 Å². The van der Waals surface area contributed by atoms with E-state index in [9.17, 15) is 4.79 Å². The summed E-state index contributed by atoms with van der Waals surface area (Å²) in [6.07, 6.45) is 6.12. The molecule has 140 valence electrons. The van der Waals surface area contributed by atoms with Gasteiger partial charge in [-0.15, -0.1) is 0 Å². The van der Waals surface area contributed by atoms with Crippen LogP contribution in [0.5, 0.6) is 0 Å². The number of carbonyl (C=O) groups excluding carboxylic acids is 1. The molecule has 0 spiro atoms. The fraction of sp³-hybridized carbons (Fsp3) is 0.316. The molecular weight excluding hydrogens is 373 g/mol. The second-order valence-electron chi connectivity index (χ2n) is 6.09. The number of rotatable bonds is 8. The molecule has 2 rings (SSSR count). The molecular formula is C19H23Cl2N3O2. The summed E-state index contributed by atoms with van der Waals surface area (Å²) >= 11 is 12.1. The van der Waals surface area contributed by atoms with E-state index in [2.05, 4.69) is 15.2 Å². The SMILES string of the molecule is CO/C(=C\C=C\c1cc2cc(Cl)c(Cl)cc2[nH]1)C(=O)NCCCN(C)C. The van der Waals surface area contributed by atoms with Crippen molar-refractivity contribution in [2.45, 2.75) is 6.42 Å². The Bertz CT molecular complexity index is 787. The van der Waals surface area contributed by atoms with Gasteiger partial charge in [0.25, 0.3) is 5.91 Å². The number of hydrogen-bond acceptors (Lipinski definition) is 3. The maximum absolute atomic E-state index is 12.1. The van der Waals surface area contributed by atoms with Gasteiger partial charge in [0.15, 0.2) is 5.76 Å². The Morgan fingerprint density at radius 3 is 2.69 bits per heavy atom. The quantitative estimate of drug-likeness (QED) is 0.306. The second kappa shape index (κ2) is 9.67. The van der Waals surface area contributed by atoms with Crippen molar-refractivity contribution in [1.29, 1.82) is 0 Å². The predicted octanol–water partition coefficient (Wildman–Crippen LogP) is 4.09. The molecule has 0 unspecified atom stereocenters. The average molecular weight is 396 g/mol. The maximum atomic E-state index is 12.1. The van der Waals surface area contributed by atoms with Gasteiger partial charge in [-0.1, -0.05) is 29.3 Å². The van der Waals surface area contributed by atoms with Crippen LogP contribution >= 0.6 is 23.2 Å². The molecule has 0 aliphatic heterocycles. The van der Waals surface area contributed by atoms with Crippen molar-refractivity contribution in [1.82, 2.24) is 15.2 Å². The lowest BCUT2D eigenvalue weighted by molar-refractivity contribution is -0.120. The zero-order chi connectivity index (χ0) is 19.1. The standard InChI is InChI=1S/C19H23Cl2N3O2/c1-24(2)9-5-8-22-19(25)18(26-3)7-4-6-14-10-13-11-15(20)16(21)12-17(13)23-14/h4,6-7,10-12,23H,5,8-9H2,1-3H3,(H,22,25)/b6-4+,18-7-. The normalized spacial score (nSPS) is 12.3. The number of nitrogens with zero attached hydrogens (tertiary/aromatic N) is 1. The van der Waals surface area contributed by atoms with Crippen LogP contribution < -0.4 is 5.32 Å². The first-order chi connectivity index (χ1) is 12.4. The molecule has 1 heterocycles. The summed E-state index contributed by atoms with van der Waals surface area (Å²) < 4.78 is 5.16. The fourth-order valence-electron chi connectivity index (χ4n) is 2.40. The topological polar surface area (TPSA) is 57.4 Å². The highest BCUT2D eigenvalue weighted by Crippen LogP contribution is 2.28. The zero-order valence-electron chi connectivity index (χ0n) is 15.1. The molecule has 0 bridgehead atoms. The van der Waals surface area contributed by atoms with Crippen molar-refractivity contribution >= 4 is 46.1 Å². The van der Waals surface area contributed by atoms with Crippen molar-refractivity contribution in [2.24, 2.45) is 0 Å². The van der Waals surface area contributed by atoms with Crippen LogP contribution in [0.25, 0.3) is 17.0 Å². The number of amides is 1. The van der Waals surface area contributed by atoms with Crippen LogP contribution in [-0.2, 0) is 9.53 Å². The minimum atomic E-state index is -0.230. The minimum Gasteiger partial charge on any atom is -0.491 e. The Kier molecular flexibility index (Phi) is 7.57. The van der Waals surface area contributed by atoms with Crippen LogP contribution in [0.3, 0.4) is 0 Å². The van der Waals surface area contributed by atoms with Crippen molar-refractivity contribution < 1.29 is 9.53 Å². The largest absolute Gasteiger partial charge is 0.491 e. The summed E-state index contributed by atoms with van der Waals surface area (Å²) in [6.45, 7) is 1.52. The highest BCUT2D eigenvalue weighted by molar-refractivity contribution is 6.42. The van der Waals surface area contributed by atoms with Gasteiger partial charge in [0.05, 0.1) is 17.2 Å². The number of ether oxygens (including phenoxy) is 1. The van der Waals surface area contributed by atoms with Crippen LogP contribution in [0, 0.1) is 0 Å². The van der Waals surface area contributed by atoms with Gasteiger partial charge < -0.3 is 19.9 Å². The third-order valence-corrected chi connectivity index (χ3v) is 4.44. The Morgan fingerprint density at radius 2 is 2.00 bits per heavy atom. The van der Waals surface area contributed by atoms with Gasteiger partial charge in [0, 0.05) is 23.1 Å². The molecule has 1 amide bonds. The number of H-pyrrole nitrogens is 1. The van der Waals surface area contributed by atoms with Gasteiger partial charge in [-0.25, -0.2) is 0 Å². The van der Waals surface area contributed by atoms with Gasteiger partial charge in [-0.05, 0) is 57.4 Å². The van der Waals surface area contributed by atoms with E-state index >= 15 is 0 Å². The molecule has 0 saturated carbocycles. The summed E-state index contributed by atoms with van der Waals surface area (Å²) in [7, 11) is 5.48. The van der Waals surface area contributed by atoms with E-state index in [0.717, 1.165) is 29.6 Å². The van der Waals surface area contributed by atoms with E-state index in [0.29, 0.717) is 16.6 Å². The first kappa shape index (κ1) is 20.4. The molecule has 0 aliphatic rings. The number of methoxy groups -OCH3 is 1. The van der Waals surface area contributed by atoms with E-state index in [1.807, 2.05) is 32.3 Å². The summed E-state index contributed by atoms with van der Waals surface area (Å²) in [6, 6.07) is 5.55. The Hall–Kier alpha value is -1.95. The van der Waals surface area contributed by atoms with Gasteiger partial charge in [0.1, 0.15) is 0 Å². The maximum Gasteiger partial charge on any atom is 0.286 e. The van der Waals surface area contributed by atoms with E-state index < -0.39 is 0 Å². The number of benzene rings is 1. The van der Waals surface area contributed by atoms with Gasteiger partial charge in [-0.3, -0.25) is 4.79 Å². The third kappa shape index (κ3) is 5.80. The molecule has 0 radical (unpaired) electrons. The Balaban J connectivity index is 2.00. The molecule has 7 heteroatoms. The molecule has 2 N–H and O–H groups in total. The molecule has 0 aliphatic carbocycles. The van der Waals surface area contributed by atoms with Gasteiger partial charge in [0.2, 0.25) is 0 Å². The summed E-state index contributed by atoms with van der Waals surface area (Å²) in [5.41, 5.74) is 1.77. The molecule has 5 nitrogen and oxygen atoms in total. The van der Waals surface area contributed by atoms with Gasteiger partial charge >= 0.3 is 0 Å². The molecule has 1 aromatic heterocycles. The first-order valence-corrected chi connectivity index (χ1v) is 8.99. The zero-order valence-corrected chi connectivity index (χ0v) is 16.6. The number of nitrogens with one attached hydrogen (secondary N) is 2. The lowest BCUT2D eigenvalue weighted by Crippen LogP contribution is -2.28. The smallest absolute Gasteiger partial charge is 0.286 e. The van der Waals surface area contributed by atoms with Crippen LogP contribution in [0.4, 0.5) is 0 Å². The molecule has 0 atom stereocenters. The molecule has 0 fully saturated rings. The van der Waals surface area contributed by atoms with Crippen LogP contribution in [0.15, 0.2) is 36.1 Å². The van der Waals surface area contributed by atoms with Gasteiger partial charge in [-0.2, -0.15) is 0 Å². The Labute approximate surface area is 163 Å². The summed E-state index contributed by atoms with van der Waals surface area (Å²) in [5.74, 6) is 0.0272. The lowest BCUT2D eigenvalue weighted by Gasteiger charge is -2.10. The number of aromatic nitrogens is 1. The lowest BCUT2D eigenvalue weighted by atomic mass is 10.2. The molecule has 1 aromatic carbocycles. The molecule has 26 heavy (non-hydrogen) atoms. The minimum absolute atomic E-state index is 0.230. The van der Waals surface area contributed by atoms with Crippen molar-refractivity contribution in [3.05, 3.63) is 51.8 Å². The van der Waals surface area contributed by atoms with Crippen LogP contribution in [0.1, 0.15) is 12.1 Å². The molecule has 0 saturated heterocycles. The number of hydrogen-bond donors (Lipinski definition) is 2. The van der Waals surface area contributed by atoms with Crippen LogP contribution in [-0.4, -0.2) is 50.1 Å². The third-order valence-electron chi connectivity index (χ3n) is 3.72. The van der Waals surface area contributed by atoms with E-state index in [-0.39, 0.29) is 11.7 Å². The molecule has 2 aromatic rings. The van der Waals surface area contributed by atoms with E-state index in [1.165, 1.54) is 7.11 Å². The first-order valence-electron chi connectivity index (χ1n) is 8.23. The highest BCUT2D eigenvalue weighted by Gasteiger charge is 2.08. The number of halogens is 2. The monoisotopic (exact) mass is 395 g/mol. The summed E-state index contributed by atoms with van der Waals surface area (Å²) in [5, 5.41) is 4.83. The van der Waals surface area contributed by atoms with E-state index in [4.69, 9.17) is 27.9 Å². The van der Waals surface area contributed by atoms with Crippen molar-refractivity contribution in [3.63, 3.8) is 0 Å². The number of aromatic amines is 1. The number of carbonyl (C=O) groups is 1. The second-order valence-corrected chi connectivity index (χ2v) is 6.90.